The molecule has 0 spiro atoms. The molecule has 3 unspecified atom stereocenters. The molecule has 39 heavy (non-hydrogen) atoms. The van der Waals surface area contributed by atoms with Crippen LogP contribution in [0.5, 0.6) is 0 Å². The Kier molecular flexibility index (Phi) is 16.0. The molecule has 0 rings (SSSR count). The lowest BCUT2D eigenvalue weighted by Crippen LogP contribution is -2.45. The largest absolute Gasteiger partial charge is 0.490 e. The lowest BCUT2D eigenvalue weighted by Gasteiger charge is -2.40. The minimum Gasteiger partial charge on any atom is -0.490 e. The molecular weight excluding hydrogens is 514 g/mol. The molecule has 0 saturated carbocycles. The van der Waals surface area contributed by atoms with Crippen LogP contribution >= 0.6 is 0 Å². The van der Waals surface area contributed by atoms with Gasteiger partial charge in [-0.3, -0.25) is 4.79 Å². The number of methoxy groups -OCH3 is 3. The first-order valence-corrected chi connectivity index (χ1v) is 16.3. The van der Waals surface area contributed by atoms with E-state index in [0.29, 0.717) is 12.8 Å². The van der Waals surface area contributed by atoms with Crippen LogP contribution in [0.3, 0.4) is 0 Å². The fourth-order valence-electron chi connectivity index (χ4n) is 3.47. The second-order valence-electron chi connectivity index (χ2n) is 11.6. The summed E-state index contributed by atoms with van der Waals surface area (Å²) in [5.74, 6) is -0.930. The van der Waals surface area contributed by atoms with Gasteiger partial charge in [-0.15, -0.1) is 0 Å². The Morgan fingerprint density at radius 2 is 1.51 bits per heavy atom. The first kappa shape index (κ1) is 36.3. The molecule has 0 aromatic heterocycles. The maximum atomic E-state index is 12.3. The molecule has 0 aliphatic heterocycles. The molecule has 0 fully saturated rings. The number of hydrogen-bond donors (Lipinski definition) is 1. The average molecular weight is 566 g/mol. The van der Waals surface area contributed by atoms with Crippen molar-refractivity contribution in [3.05, 3.63) is 47.8 Å². The third kappa shape index (κ3) is 13.8. The van der Waals surface area contributed by atoms with Gasteiger partial charge >= 0.3 is 11.9 Å². The molecule has 8 nitrogen and oxygen atoms in total. The fraction of sp³-hybridized carbons (Fsp3) is 0.633. The Labute approximate surface area is 237 Å². The second kappa shape index (κ2) is 17.1. The van der Waals surface area contributed by atoms with E-state index in [1.165, 1.54) is 27.4 Å². The van der Waals surface area contributed by atoms with Gasteiger partial charge < -0.3 is 24.0 Å². The summed E-state index contributed by atoms with van der Waals surface area (Å²) in [4.78, 5) is 36.2. The summed E-state index contributed by atoms with van der Waals surface area (Å²) < 4.78 is 21.5. The Balaban J connectivity index is 5.62. The van der Waals surface area contributed by atoms with Gasteiger partial charge in [0, 0.05) is 6.08 Å². The number of hydrogen-bond acceptors (Lipinski definition) is 7. The Morgan fingerprint density at radius 3 is 2.00 bits per heavy atom. The van der Waals surface area contributed by atoms with Crippen LogP contribution < -0.4 is 5.32 Å². The highest BCUT2D eigenvalue weighted by Crippen LogP contribution is 2.38. The van der Waals surface area contributed by atoms with Crippen LogP contribution in [0, 0.1) is 11.8 Å². The second-order valence-corrected chi connectivity index (χ2v) is 16.4. The summed E-state index contributed by atoms with van der Waals surface area (Å²) in [5, 5.41) is 2.72. The molecule has 1 amide bonds. The van der Waals surface area contributed by atoms with Gasteiger partial charge in [0.05, 0.1) is 27.4 Å². The van der Waals surface area contributed by atoms with Crippen molar-refractivity contribution >= 4 is 26.2 Å². The van der Waals surface area contributed by atoms with Gasteiger partial charge in [0.15, 0.2) is 14.1 Å². The molecule has 0 aliphatic rings. The average Bonchev–Trinajstić information content (AvgIpc) is 2.83. The molecule has 1 N–H and O–H groups in total. The van der Waals surface area contributed by atoms with Gasteiger partial charge in [-0.05, 0) is 55.8 Å². The number of carbonyl (C=O) groups excluding carboxylic acids is 3. The molecule has 0 aromatic carbocycles. The molecule has 0 heterocycles. The normalized spacial score (nSPS) is 15.8. The summed E-state index contributed by atoms with van der Waals surface area (Å²) in [7, 11) is 1.97. The lowest BCUT2D eigenvalue weighted by molar-refractivity contribution is -0.145. The van der Waals surface area contributed by atoms with Crippen LogP contribution in [0.25, 0.3) is 0 Å². The maximum absolute atomic E-state index is 12.3. The van der Waals surface area contributed by atoms with Crippen LogP contribution in [0.4, 0.5) is 0 Å². The van der Waals surface area contributed by atoms with Crippen LogP contribution in [0.2, 0.25) is 18.1 Å². The Morgan fingerprint density at radius 1 is 0.923 bits per heavy atom. The Bertz CT molecular complexity index is 926. The van der Waals surface area contributed by atoms with E-state index in [1.807, 2.05) is 26.8 Å². The zero-order chi connectivity index (χ0) is 30.4. The number of carbonyl (C=O) groups is 3. The third-order valence-corrected chi connectivity index (χ3v) is 11.2. The third-order valence-electron chi connectivity index (χ3n) is 6.73. The van der Waals surface area contributed by atoms with E-state index in [9.17, 15) is 14.4 Å². The summed E-state index contributed by atoms with van der Waals surface area (Å²) in [5.41, 5.74) is 0.993. The molecule has 3 atom stereocenters. The minimum atomic E-state index is -2.10. The van der Waals surface area contributed by atoms with Crippen molar-refractivity contribution in [3.8, 4) is 0 Å². The summed E-state index contributed by atoms with van der Waals surface area (Å²) in [6.07, 6.45) is 11.3. The number of allylic oxidation sites excluding steroid dienone is 4. The number of ether oxygens (including phenoxy) is 3. The Hall–Kier alpha value is -2.65. The van der Waals surface area contributed by atoms with Crippen LogP contribution in [-0.4, -0.2) is 59.6 Å². The van der Waals surface area contributed by atoms with Crippen molar-refractivity contribution < 1.29 is 33.0 Å². The smallest absolute Gasteiger partial charge is 0.372 e. The molecule has 0 radical (unpaired) electrons. The van der Waals surface area contributed by atoms with Crippen LogP contribution in [0.15, 0.2) is 47.8 Å². The maximum Gasteiger partial charge on any atom is 0.372 e. The quantitative estimate of drug-likeness (QED) is 0.0871. The zero-order valence-corrected chi connectivity index (χ0v) is 27.0. The van der Waals surface area contributed by atoms with Gasteiger partial charge in [0.2, 0.25) is 5.91 Å². The van der Waals surface area contributed by atoms with Crippen LogP contribution in [0.1, 0.15) is 61.3 Å². The van der Waals surface area contributed by atoms with Gasteiger partial charge in [-0.25, -0.2) is 9.59 Å². The summed E-state index contributed by atoms with van der Waals surface area (Å²) in [6, 6.07) is -0.677. The molecule has 9 heteroatoms. The minimum absolute atomic E-state index is 0.0210. The molecule has 0 aromatic rings. The standard InChI is InChI=1S/C30H51NO7Si/c1-21(2)19-24(28(33)36-9)31-27(32)16-14-13-15-22(3)20-23(4)25(38-39(11,12)30(5,6)7)17-18-26(35-8)29(34)37-10/h13-16,18,20-21,23-25H,17,19H2,1-12H3,(H,31,32)/b15-13-,16-14-,22-20+,26-18+. The molecule has 222 valence electrons. The van der Waals surface area contributed by atoms with Crippen molar-refractivity contribution in [2.24, 2.45) is 11.8 Å². The molecule has 0 saturated heterocycles. The predicted octanol–water partition coefficient (Wildman–Crippen LogP) is 5.87. The van der Waals surface area contributed by atoms with E-state index >= 15 is 0 Å². The number of amides is 1. The van der Waals surface area contributed by atoms with Gasteiger partial charge in [-0.2, -0.15) is 0 Å². The van der Waals surface area contributed by atoms with Crippen molar-refractivity contribution in [2.45, 2.75) is 91.6 Å². The van der Waals surface area contributed by atoms with Crippen molar-refractivity contribution in [1.82, 2.24) is 5.32 Å². The number of nitrogens with one attached hydrogen (secondary N) is 1. The topological polar surface area (TPSA) is 100 Å². The predicted molar refractivity (Wildman–Crippen MR) is 158 cm³/mol. The lowest BCUT2D eigenvalue weighted by atomic mass is 9.98. The summed E-state index contributed by atoms with van der Waals surface area (Å²) >= 11 is 0. The van der Waals surface area contributed by atoms with Crippen LogP contribution in [-0.2, 0) is 33.0 Å². The van der Waals surface area contributed by atoms with E-state index in [2.05, 4.69) is 52.2 Å². The molecule has 0 aliphatic carbocycles. The highest BCUT2D eigenvalue weighted by atomic mass is 28.4. The zero-order valence-electron chi connectivity index (χ0n) is 26.0. The van der Waals surface area contributed by atoms with Crippen molar-refractivity contribution in [2.75, 3.05) is 21.3 Å². The number of rotatable bonds is 15. The van der Waals surface area contributed by atoms with E-state index < -0.39 is 26.3 Å². The SMILES string of the molecule is COC(=O)/C(=C\CC(O[Si](C)(C)C(C)(C)C)C(C)/C=C(C)/C=C\C=C/C(=O)NC(CC(C)C)C(=O)OC)OC. The van der Waals surface area contributed by atoms with E-state index in [-0.39, 0.29) is 34.6 Å². The van der Waals surface area contributed by atoms with E-state index in [0.717, 1.165) is 5.57 Å². The van der Waals surface area contributed by atoms with E-state index in [1.54, 1.807) is 18.2 Å². The monoisotopic (exact) mass is 565 g/mol. The fourth-order valence-corrected chi connectivity index (χ4v) is 4.90. The van der Waals surface area contributed by atoms with E-state index in [4.69, 9.17) is 18.6 Å². The highest BCUT2D eigenvalue weighted by molar-refractivity contribution is 6.74. The van der Waals surface area contributed by atoms with Gasteiger partial charge in [0.25, 0.3) is 0 Å². The first-order valence-electron chi connectivity index (χ1n) is 13.4. The van der Waals surface area contributed by atoms with Gasteiger partial charge in [-0.1, -0.05) is 71.4 Å². The summed E-state index contributed by atoms with van der Waals surface area (Å²) in [6.45, 7) is 19.0. The van der Waals surface area contributed by atoms with Crippen molar-refractivity contribution in [1.29, 1.82) is 0 Å². The first-order chi connectivity index (χ1) is 18.0. The molecule has 0 bridgehead atoms. The highest BCUT2D eigenvalue weighted by Gasteiger charge is 2.39. The van der Waals surface area contributed by atoms with Gasteiger partial charge in [0.1, 0.15) is 6.04 Å². The molecular formula is C30H51NO7Si. The number of esters is 2. The van der Waals surface area contributed by atoms with Crippen molar-refractivity contribution in [3.63, 3.8) is 0 Å².